The van der Waals surface area contributed by atoms with E-state index >= 15 is 0 Å². The number of halogens is 2. The Balaban J connectivity index is 1.55. The molecule has 0 bridgehead atoms. The number of aromatic nitrogens is 3. The summed E-state index contributed by atoms with van der Waals surface area (Å²) in [6.07, 6.45) is 0.577. The third kappa shape index (κ3) is 3.28. The highest BCUT2D eigenvalue weighted by Crippen LogP contribution is 2.51. The number of hydrogen-bond donors (Lipinski definition) is 2. The highest BCUT2D eigenvalue weighted by atomic mass is 19.2. The summed E-state index contributed by atoms with van der Waals surface area (Å²) in [5.74, 6) is -3.00. The lowest BCUT2D eigenvalue weighted by molar-refractivity contribution is -0.165. The van der Waals surface area contributed by atoms with Crippen LogP contribution in [-0.4, -0.2) is 37.6 Å². The monoisotopic (exact) mass is 430 g/mol. The number of benzene rings is 1. The van der Waals surface area contributed by atoms with Crippen LogP contribution in [0.25, 0.3) is 11.0 Å². The molecule has 3 heterocycles. The third-order valence-electron chi connectivity index (χ3n) is 6.31. The van der Waals surface area contributed by atoms with Crippen molar-refractivity contribution in [3.05, 3.63) is 53.4 Å². The van der Waals surface area contributed by atoms with Gasteiger partial charge in [-0.2, -0.15) is 4.98 Å². The van der Waals surface area contributed by atoms with Crippen molar-refractivity contribution >= 4 is 17.0 Å². The fourth-order valence-electron chi connectivity index (χ4n) is 4.99. The molecule has 5 rings (SSSR count). The van der Waals surface area contributed by atoms with Crippen LogP contribution in [0.5, 0.6) is 0 Å². The van der Waals surface area contributed by atoms with Gasteiger partial charge in [0.1, 0.15) is 11.8 Å². The Hall–Kier alpha value is -2.62. The van der Waals surface area contributed by atoms with Crippen molar-refractivity contribution in [2.24, 2.45) is 5.92 Å². The quantitative estimate of drug-likeness (QED) is 0.661. The van der Waals surface area contributed by atoms with Crippen LogP contribution in [0.15, 0.2) is 30.5 Å². The Labute approximate surface area is 177 Å². The van der Waals surface area contributed by atoms with Gasteiger partial charge in [-0.3, -0.25) is 0 Å². The van der Waals surface area contributed by atoms with E-state index in [1.807, 2.05) is 37.6 Å². The first-order valence-corrected chi connectivity index (χ1v) is 10.2. The Kier molecular flexibility index (Phi) is 4.55. The van der Waals surface area contributed by atoms with Crippen LogP contribution in [0.3, 0.4) is 0 Å². The van der Waals surface area contributed by atoms with Crippen LogP contribution in [-0.2, 0) is 9.47 Å². The van der Waals surface area contributed by atoms with E-state index in [0.29, 0.717) is 17.6 Å². The highest BCUT2D eigenvalue weighted by molar-refractivity contribution is 5.79. The highest BCUT2D eigenvalue weighted by Gasteiger charge is 2.56. The molecule has 2 fully saturated rings. The summed E-state index contributed by atoms with van der Waals surface area (Å²) in [5.41, 5.74) is 7.65. The smallest absolute Gasteiger partial charge is 0.222 e. The van der Waals surface area contributed by atoms with Crippen molar-refractivity contribution in [1.82, 2.24) is 14.5 Å². The molecule has 9 heteroatoms. The number of ether oxygens (including phenoxy) is 2. The Morgan fingerprint density at radius 3 is 2.65 bits per heavy atom. The molecule has 31 heavy (non-hydrogen) atoms. The maximum Gasteiger partial charge on any atom is 0.222 e. The molecule has 7 nitrogen and oxygen atoms in total. The first-order chi connectivity index (χ1) is 14.6. The van der Waals surface area contributed by atoms with Gasteiger partial charge in [0.05, 0.1) is 23.9 Å². The molecule has 0 radical (unpaired) electrons. The van der Waals surface area contributed by atoms with Gasteiger partial charge in [-0.1, -0.05) is 6.07 Å². The summed E-state index contributed by atoms with van der Waals surface area (Å²) in [7, 11) is 0. The van der Waals surface area contributed by atoms with E-state index in [2.05, 4.69) is 9.97 Å². The number of hydrogen-bond acceptors (Lipinski definition) is 6. The molecule has 1 aromatic carbocycles. The number of anilines is 1. The van der Waals surface area contributed by atoms with E-state index in [0.717, 1.165) is 23.2 Å². The first-order valence-electron chi connectivity index (χ1n) is 10.2. The summed E-state index contributed by atoms with van der Waals surface area (Å²) >= 11 is 0. The summed E-state index contributed by atoms with van der Waals surface area (Å²) in [6, 6.07) is 5.19. The van der Waals surface area contributed by atoms with Crippen LogP contribution in [0.1, 0.15) is 43.7 Å². The van der Waals surface area contributed by atoms with Gasteiger partial charge in [0.2, 0.25) is 5.95 Å². The standard InChI is InChI=1S/C22H24F2N4O3/c1-10-12-6-7-28(20(12)27-21(25)26-10)16-9-13(18-19(16)31-22(2,3)30-18)17(29)11-4-5-14(23)15(24)8-11/h4-8,13,16-19,29H,9H2,1-3H3,(H2,25,26,27)/t13-,16-,17?,18-,19+/m1/s1. The lowest BCUT2D eigenvalue weighted by Gasteiger charge is -2.27. The molecule has 3 aromatic rings. The van der Waals surface area contributed by atoms with Crippen molar-refractivity contribution in [1.29, 1.82) is 0 Å². The SMILES string of the molecule is Cc1nc(N)nc2c1ccn2[C@@H]1C[C@H](C(O)c2ccc(F)c(F)c2)[C@H]2OC(C)(C)O[C@H]21. The number of aryl methyl sites for hydroxylation is 1. The van der Waals surface area contributed by atoms with E-state index in [-0.39, 0.29) is 24.0 Å². The first kappa shape index (κ1) is 20.3. The fraction of sp³-hybridized carbons (Fsp3) is 0.455. The van der Waals surface area contributed by atoms with E-state index < -0.39 is 29.6 Å². The lowest BCUT2D eigenvalue weighted by atomic mass is 9.92. The number of rotatable bonds is 3. The number of aliphatic hydroxyl groups excluding tert-OH is 1. The molecular formula is C22H24F2N4O3. The number of aliphatic hydroxyl groups is 1. The number of fused-ring (bicyclic) bond motifs is 2. The lowest BCUT2D eigenvalue weighted by Crippen LogP contribution is -2.29. The summed E-state index contributed by atoms with van der Waals surface area (Å²) in [6.45, 7) is 5.51. The van der Waals surface area contributed by atoms with Crippen molar-refractivity contribution < 1.29 is 23.4 Å². The molecule has 1 saturated heterocycles. The minimum absolute atomic E-state index is 0.182. The van der Waals surface area contributed by atoms with E-state index in [1.165, 1.54) is 6.07 Å². The van der Waals surface area contributed by atoms with Crippen LogP contribution < -0.4 is 5.73 Å². The summed E-state index contributed by atoms with van der Waals surface area (Å²) in [4.78, 5) is 8.64. The summed E-state index contributed by atoms with van der Waals surface area (Å²) in [5, 5.41) is 12.0. The molecule has 3 N–H and O–H groups in total. The average Bonchev–Trinajstić information content (AvgIpc) is 3.34. The normalized spacial score (nSPS) is 28.2. The molecule has 0 amide bonds. The van der Waals surface area contributed by atoms with Crippen molar-refractivity contribution in [2.75, 3.05) is 5.73 Å². The van der Waals surface area contributed by atoms with Crippen molar-refractivity contribution in [3.63, 3.8) is 0 Å². The maximum absolute atomic E-state index is 13.8. The van der Waals surface area contributed by atoms with Gasteiger partial charge in [-0.05, 0) is 51.0 Å². The molecular weight excluding hydrogens is 406 g/mol. The van der Waals surface area contributed by atoms with Crippen LogP contribution in [0.4, 0.5) is 14.7 Å². The van der Waals surface area contributed by atoms with Gasteiger partial charge in [-0.25, -0.2) is 13.8 Å². The van der Waals surface area contributed by atoms with E-state index in [1.54, 1.807) is 0 Å². The molecule has 1 unspecified atom stereocenters. The molecule has 0 spiro atoms. The topological polar surface area (TPSA) is 95.4 Å². The Morgan fingerprint density at radius 2 is 1.90 bits per heavy atom. The maximum atomic E-state index is 13.8. The molecule has 1 aliphatic heterocycles. The molecule has 5 atom stereocenters. The zero-order valence-corrected chi connectivity index (χ0v) is 17.4. The minimum atomic E-state index is -1.05. The second-order valence-electron chi connectivity index (χ2n) is 8.78. The van der Waals surface area contributed by atoms with Gasteiger partial charge in [0.25, 0.3) is 0 Å². The zero-order valence-electron chi connectivity index (χ0n) is 17.4. The van der Waals surface area contributed by atoms with Crippen molar-refractivity contribution in [2.45, 2.75) is 57.3 Å². The number of nitrogens with two attached hydrogens (primary N) is 1. The number of nitrogen functional groups attached to an aromatic ring is 1. The fourth-order valence-corrected chi connectivity index (χ4v) is 4.99. The van der Waals surface area contributed by atoms with Gasteiger partial charge in [-0.15, -0.1) is 0 Å². The Morgan fingerprint density at radius 1 is 1.16 bits per heavy atom. The van der Waals surface area contributed by atoms with Gasteiger partial charge in [0.15, 0.2) is 17.4 Å². The second kappa shape index (κ2) is 6.94. The average molecular weight is 430 g/mol. The van der Waals surface area contributed by atoms with Crippen molar-refractivity contribution in [3.8, 4) is 0 Å². The molecule has 2 aromatic heterocycles. The predicted molar refractivity (Wildman–Crippen MR) is 109 cm³/mol. The van der Waals surface area contributed by atoms with Crippen LogP contribution in [0.2, 0.25) is 0 Å². The van der Waals surface area contributed by atoms with Gasteiger partial charge in [0, 0.05) is 17.5 Å². The van der Waals surface area contributed by atoms with E-state index in [9.17, 15) is 13.9 Å². The molecule has 1 saturated carbocycles. The molecule has 1 aliphatic carbocycles. The minimum Gasteiger partial charge on any atom is -0.388 e. The number of nitrogens with zero attached hydrogens (tertiary/aromatic N) is 3. The zero-order chi connectivity index (χ0) is 22.1. The van der Waals surface area contributed by atoms with Crippen LogP contribution in [0, 0.1) is 24.5 Å². The van der Waals surface area contributed by atoms with Gasteiger partial charge < -0.3 is 24.9 Å². The largest absolute Gasteiger partial charge is 0.388 e. The van der Waals surface area contributed by atoms with E-state index in [4.69, 9.17) is 15.2 Å². The molecule has 2 aliphatic rings. The third-order valence-corrected chi connectivity index (χ3v) is 6.31. The second-order valence-corrected chi connectivity index (χ2v) is 8.78. The van der Waals surface area contributed by atoms with Crippen LogP contribution >= 0.6 is 0 Å². The predicted octanol–water partition coefficient (Wildman–Crippen LogP) is 3.41. The van der Waals surface area contributed by atoms with Gasteiger partial charge >= 0.3 is 0 Å². The summed E-state index contributed by atoms with van der Waals surface area (Å²) < 4.78 is 41.5. The molecule has 164 valence electrons. The Bertz CT molecular complexity index is 1170.